The van der Waals surface area contributed by atoms with Gasteiger partial charge in [-0.25, -0.2) is 9.78 Å². The highest BCUT2D eigenvalue weighted by atomic mass is 19.4. The first-order valence-corrected chi connectivity index (χ1v) is 10.0. The number of imide groups is 1. The molecule has 2 aromatic rings. The van der Waals surface area contributed by atoms with Crippen LogP contribution in [0.4, 0.5) is 29.5 Å². The van der Waals surface area contributed by atoms with Gasteiger partial charge in [0.05, 0.1) is 5.56 Å². The molecule has 4 rings (SSSR count). The Kier molecular flexibility index (Phi) is 5.45. The molecule has 8 nitrogen and oxygen atoms in total. The Balaban J connectivity index is 1.43. The average molecular weight is 449 g/mol. The van der Waals surface area contributed by atoms with E-state index in [1.54, 1.807) is 18.2 Å². The van der Waals surface area contributed by atoms with Crippen molar-refractivity contribution in [3.05, 3.63) is 53.7 Å². The summed E-state index contributed by atoms with van der Waals surface area (Å²) >= 11 is 0. The van der Waals surface area contributed by atoms with E-state index in [0.29, 0.717) is 37.6 Å². The van der Waals surface area contributed by atoms with Crippen LogP contribution in [0, 0.1) is 0 Å². The summed E-state index contributed by atoms with van der Waals surface area (Å²) in [6.45, 7) is 3.76. The number of benzene rings is 1. The number of aromatic nitrogens is 1. The molecular weight excluding hydrogens is 427 g/mol. The molecule has 11 heteroatoms. The first kappa shape index (κ1) is 21.9. The zero-order valence-corrected chi connectivity index (χ0v) is 17.2. The zero-order valence-electron chi connectivity index (χ0n) is 17.2. The lowest BCUT2D eigenvalue weighted by molar-refractivity contribution is -0.137. The predicted molar refractivity (Wildman–Crippen MR) is 110 cm³/mol. The highest BCUT2D eigenvalue weighted by Gasteiger charge is 2.48. The number of nitrogens with one attached hydrogen (secondary N) is 2. The van der Waals surface area contributed by atoms with Gasteiger partial charge in [0.1, 0.15) is 17.5 Å². The molecule has 32 heavy (non-hydrogen) atoms. The van der Waals surface area contributed by atoms with E-state index >= 15 is 0 Å². The Morgan fingerprint density at radius 3 is 2.34 bits per heavy atom. The molecule has 2 fully saturated rings. The number of carbonyl (C=O) groups is 2. The molecule has 0 spiro atoms. The van der Waals surface area contributed by atoms with E-state index in [9.17, 15) is 27.9 Å². The van der Waals surface area contributed by atoms with Crippen LogP contribution >= 0.6 is 0 Å². The highest BCUT2D eigenvalue weighted by Crippen LogP contribution is 2.32. The SMILES string of the molecule is CC1(C(O)c2cccc(N3CCN(c4ccc(C(F)(F)F)cn4)CC3)c2)NC(=O)NC1=O. The molecule has 3 N–H and O–H groups in total. The van der Waals surface area contributed by atoms with Crippen molar-refractivity contribution < 1.29 is 27.9 Å². The molecule has 3 heterocycles. The minimum absolute atomic E-state index is 0.481. The van der Waals surface area contributed by atoms with Gasteiger partial charge in [0, 0.05) is 38.1 Å². The third kappa shape index (κ3) is 4.07. The van der Waals surface area contributed by atoms with Gasteiger partial charge in [-0.1, -0.05) is 12.1 Å². The summed E-state index contributed by atoms with van der Waals surface area (Å²) in [5, 5.41) is 15.4. The topological polar surface area (TPSA) is 97.8 Å². The number of rotatable bonds is 4. The van der Waals surface area contributed by atoms with Crippen LogP contribution in [0.15, 0.2) is 42.6 Å². The average Bonchev–Trinajstić information content (AvgIpc) is 3.05. The smallest absolute Gasteiger partial charge is 0.385 e. The van der Waals surface area contributed by atoms with Crippen LogP contribution in [0.1, 0.15) is 24.2 Å². The molecule has 2 aliphatic heterocycles. The van der Waals surface area contributed by atoms with Gasteiger partial charge in [0.2, 0.25) is 0 Å². The molecule has 2 unspecified atom stereocenters. The minimum Gasteiger partial charge on any atom is -0.385 e. The number of alkyl halides is 3. The van der Waals surface area contributed by atoms with Crippen molar-refractivity contribution in [3.63, 3.8) is 0 Å². The first-order valence-electron chi connectivity index (χ1n) is 10.0. The van der Waals surface area contributed by atoms with Gasteiger partial charge in [-0.3, -0.25) is 10.1 Å². The van der Waals surface area contributed by atoms with Gasteiger partial charge < -0.3 is 20.2 Å². The van der Waals surface area contributed by atoms with E-state index < -0.39 is 35.3 Å². The second-order valence-corrected chi connectivity index (χ2v) is 7.99. The Labute approximate surface area is 182 Å². The van der Waals surface area contributed by atoms with E-state index in [1.807, 2.05) is 11.0 Å². The maximum absolute atomic E-state index is 12.7. The lowest BCUT2D eigenvalue weighted by Crippen LogP contribution is -2.49. The molecular formula is C21H22F3N5O3. The van der Waals surface area contributed by atoms with Crippen LogP contribution in [0.2, 0.25) is 0 Å². The van der Waals surface area contributed by atoms with Gasteiger partial charge in [-0.05, 0) is 36.8 Å². The number of piperazine rings is 1. The Morgan fingerprint density at radius 2 is 1.78 bits per heavy atom. The number of amides is 3. The fraction of sp³-hybridized carbons (Fsp3) is 0.381. The number of carbonyl (C=O) groups excluding carboxylic acids is 2. The molecule has 0 aliphatic carbocycles. The number of pyridine rings is 1. The number of urea groups is 1. The summed E-state index contributed by atoms with van der Waals surface area (Å²) in [4.78, 5) is 31.6. The number of aliphatic hydroxyl groups excluding tert-OH is 1. The van der Waals surface area contributed by atoms with Gasteiger partial charge in [0.25, 0.3) is 5.91 Å². The molecule has 2 atom stereocenters. The number of hydrogen-bond donors (Lipinski definition) is 3. The third-order valence-electron chi connectivity index (χ3n) is 5.85. The van der Waals surface area contributed by atoms with Crippen molar-refractivity contribution >= 4 is 23.4 Å². The Bertz CT molecular complexity index is 1020. The molecule has 1 aromatic heterocycles. The van der Waals surface area contributed by atoms with Crippen LogP contribution in [0.25, 0.3) is 0 Å². The third-order valence-corrected chi connectivity index (χ3v) is 5.85. The van der Waals surface area contributed by atoms with Crippen LogP contribution in [-0.4, -0.2) is 53.7 Å². The normalized spacial score (nSPS) is 22.5. The number of aliphatic hydroxyl groups is 1. The molecule has 0 radical (unpaired) electrons. The van der Waals surface area contributed by atoms with Crippen LogP contribution in [0.5, 0.6) is 0 Å². The number of halogens is 3. The van der Waals surface area contributed by atoms with Crippen molar-refractivity contribution in [2.24, 2.45) is 0 Å². The maximum Gasteiger partial charge on any atom is 0.417 e. The van der Waals surface area contributed by atoms with E-state index in [1.165, 1.54) is 13.0 Å². The van der Waals surface area contributed by atoms with E-state index in [4.69, 9.17) is 0 Å². The number of anilines is 2. The van der Waals surface area contributed by atoms with E-state index in [-0.39, 0.29) is 0 Å². The van der Waals surface area contributed by atoms with Gasteiger partial charge in [-0.15, -0.1) is 0 Å². The summed E-state index contributed by atoms with van der Waals surface area (Å²) in [6, 6.07) is 8.82. The van der Waals surface area contributed by atoms with Crippen molar-refractivity contribution in [3.8, 4) is 0 Å². The minimum atomic E-state index is -4.42. The Hall–Kier alpha value is -3.34. The van der Waals surface area contributed by atoms with Crippen molar-refractivity contribution in [2.45, 2.75) is 24.7 Å². The fourth-order valence-electron chi connectivity index (χ4n) is 3.91. The number of hydrogen-bond acceptors (Lipinski definition) is 6. The lowest BCUT2D eigenvalue weighted by Gasteiger charge is -2.37. The highest BCUT2D eigenvalue weighted by molar-refractivity contribution is 6.07. The molecule has 1 aromatic carbocycles. The molecule has 3 amide bonds. The monoisotopic (exact) mass is 449 g/mol. The quantitative estimate of drug-likeness (QED) is 0.619. The van der Waals surface area contributed by atoms with Crippen molar-refractivity contribution in [2.75, 3.05) is 36.0 Å². The van der Waals surface area contributed by atoms with Crippen LogP contribution < -0.4 is 20.4 Å². The summed E-state index contributed by atoms with van der Waals surface area (Å²) in [6.07, 6.45) is -4.82. The van der Waals surface area contributed by atoms with E-state index in [2.05, 4.69) is 20.5 Å². The second-order valence-electron chi connectivity index (χ2n) is 7.99. The fourth-order valence-corrected chi connectivity index (χ4v) is 3.91. The zero-order chi connectivity index (χ0) is 23.1. The summed E-state index contributed by atoms with van der Waals surface area (Å²) in [5.74, 6) is -0.115. The van der Waals surface area contributed by atoms with Gasteiger partial charge in [0.15, 0.2) is 0 Å². The summed E-state index contributed by atoms with van der Waals surface area (Å²) in [5.41, 5.74) is -0.942. The van der Waals surface area contributed by atoms with Gasteiger partial charge in [-0.2, -0.15) is 13.2 Å². The summed E-state index contributed by atoms with van der Waals surface area (Å²) < 4.78 is 38.2. The first-order chi connectivity index (χ1) is 15.1. The molecule has 170 valence electrons. The Morgan fingerprint density at radius 1 is 1.09 bits per heavy atom. The van der Waals surface area contributed by atoms with Crippen LogP contribution in [0.3, 0.4) is 0 Å². The molecule has 2 saturated heterocycles. The predicted octanol–water partition coefficient (Wildman–Crippen LogP) is 2.06. The molecule has 0 bridgehead atoms. The number of nitrogens with zero attached hydrogens (tertiary/aromatic N) is 3. The maximum atomic E-state index is 12.7. The second kappa shape index (κ2) is 7.97. The van der Waals surface area contributed by atoms with Gasteiger partial charge >= 0.3 is 12.2 Å². The largest absolute Gasteiger partial charge is 0.417 e. The van der Waals surface area contributed by atoms with Crippen molar-refractivity contribution in [1.82, 2.24) is 15.6 Å². The van der Waals surface area contributed by atoms with Crippen molar-refractivity contribution in [1.29, 1.82) is 0 Å². The lowest BCUT2D eigenvalue weighted by atomic mass is 9.89. The summed E-state index contributed by atoms with van der Waals surface area (Å²) in [7, 11) is 0. The molecule has 0 saturated carbocycles. The van der Waals surface area contributed by atoms with Crippen LogP contribution in [-0.2, 0) is 11.0 Å². The molecule has 2 aliphatic rings. The van der Waals surface area contributed by atoms with E-state index in [0.717, 1.165) is 18.0 Å². The standard InChI is InChI=1S/C21H22F3N5O3/c1-20(18(31)26-19(32)27-20)17(30)13-3-2-4-15(11-13)28-7-9-29(10-8-28)16-6-5-14(12-25-16)21(22,23)24/h2-6,11-12,17,30H,7-10H2,1H3,(H2,26,27,31,32).